The summed E-state index contributed by atoms with van der Waals surface area (Å²) < 4.78 is 0. The predicted molar refractivity (Wildman–Crippen MR) is 83.0 cm³/mol. The standard InChI is InChI=1S/C17H23ClS/c1-10-3-15(11(2)19-10)16(18)17-7-12-4-13(8-17)6-14(5-12)9-17/h3,12-14,16H,4-9H2,1-2H3. The van der Waals surface area contributed by atoms with Gasteiger partial charge in [0, 0.05) is 9.75 Å². The fourth-order valence-corrected chi connectivity index (χ4v) is 7.24. The van der Waals surface area contributed by atoms with Crippen LogP contribution in [0, 0.1) is 37.0 Å². The Balaban J connectivity index is 1.69. The highest BCUT2D eigenvalue weighted by molar-refractivity contribution is 7.12. The van der Waals surface area contributed by atoms with E-state index in [1.165, 1.54) is 53.8 Å². The average molecular weight is 295 g/mol. The molecule has 2 heteroatoms. The van der Waals surface area contributed by atoms with E-state index in [-0.39, 0.29) is 5.38 Å². The highest BCUT2D eigenvalue weighted by Crippen LogP contribution is 2.65. The summed E-state index contributed by atoms with van der Waals surface area (Å²) in [4.78, 5) is 2.87. The largest absolute Gasteiger partial charge is 0.146 e. The van der Waals surface area contributed by atoms with Gasteiger partial charge in [-0.3, -0.25) is 0 Å². The van der Waals surface area contributed by atoms with E-state index in [0.717, 1.165) is 17.8 Å². The topological polar surface area (TPSA) is 0 Å². The number of aryl methyl sites for hydroxylation is 2. The molecule has 1 atom stereocenters. The molecule has 0 nitrogen and oxygen atoms in total. The molecular formula is C17H23ClS. The maximum atomic E-state index is 7.05. The molecule has 5 rings (SSSR count). The van der Waals surface area contributed by atoms with Crippen LogP contribution in [0.2, 0.25) is 0 Å². The van der Waals surface area contributed by atoms with E-state index in [1.807, 2.05) is 11.3 Å². The first-order valence-corrected chi connectivity index (χ1v) is 9.02. The summed E-state index contributed by atoms with van der Waals surface area (Å²) in [7, 11) is 0. The second-order valence-electron chi connectivity index (χ2n) is 7.51. The van der Waals surface area contributed by atoms with Gasteiger partial charge in [0.2, 0.25) is 0 Å². The molecule has 1 aromatic heterocycles. The van der Waals surface area contributed by atoms with Crippen LogP contribution in [0.1, 0.15) is 59.2 Å². The monoisotopic (exact) mass is 294 g/mol. The molecule has 0 aliphatic heterocycles. The molecule has 0 N–H and O–H groups in total. The van der Waals surface area contributed by atoms with Gasteiger partial charge in [0.15, 0.2) is 0 Å². The zero-order valence-electron chi connectivity index (χ0n) is 11.9. The van der Waals surface area contributed by atoms with Gasteiger partial charge >= 0.3 is 0 Å². The van der Waals surface area contributed by atoms with Crippen molar-refractivity contribution in [1.29, 1.82) is 0 Å². The Morgan fingerprint density at radius 2 is 1.63 bits per heavy atom. The van der Waals surface area contributed by atoms with Gasteiger partial charge < -0.3 is 0 Å². The molecule has 4 aliphatic carbocycles. The van der Waals surface area contributed by atoms with Gasteiger partial charge in [-0.2, -0.15) is 0 Å². The molecular weight excluding hydrogens is 272 g/mol. The van der Waals surface area contributed by atoms with Gasteiger partial charge in [-0.25, -0.2) is 0 Å². The van der Waals surface area contributed by atoms with Crippen LogP contribution in [0.5, 0.6) is 0 Å². The highest BCUT2D eigenvalue weighted by Gasteiger charge is 2.54. The zero-order valence-corrected chi connectivity index (χ0v) is 13.5. The van der Waals surface area contributed by atoms with Gasteiger partial charge in [-0.05, 0) is 87.2 Å². The lowest BCUT2D eigenvalue weighted by molar-refractivity contribution is -0.0552. The van der Waals surface area contributed by atoms with Gasteiger partial charge in [0.05, 0.1) is 5.38 Å². The number of hydrogen-bond acceptors (Lipinski definition) is 1. The molecule has 4 bridgehead atoms. The molecule has 1 unspecified atom stereocenters. The maximum Gasteiger partial charge on any atom is 0.0652 e. The summed E-state index contributed by atoms with van der Waals surface area (Å²) in [6.45, 7) is 4.47. The van der Waals surface area contributed by atoms with E-state index in [2.05, 4.69) is 19.9 Å². The Bertz CT molecular complexity index is 466. The number of hydrogen-bond donors (Lipinski definition) is 0. The predicted octanol–water partition coefficient (Wildman–Crippen LogP) is 5.86. The van der Waals surface area contributed by atoms with Crippen LogP contribution in [-0.4, -0.2) is 0 Å². The summed E-state index contributed by atoms with van der Waals surface area (Å²) in [6, 6.07) is 2.36. The lowest BCUT2D eigenvalue weighted by atomic mass is 9.48. The third-order valence-corrected chi connectivity index (χ3v) is 7.66. The molecule has 4 saturated carbocycles. The van der Waals surface area contributed by atoms with E-state index < -0.39 is 0 Å². The summed E-state index contributed by atoms with van der Waals surface area (Å²) in [5.74, 6) is 2.98. The molecule has 1 heterocycles. The van der Waals surface area contributed by atoms with Crippen LogP contribution < -0.4 is 0 Å². The highest BCUT2D eigenvalue weighted by atomic mass is 35.5. The normalized spacial score (nSPS) is 41.7. The maximum absolute atomic E-state index is 7.05. The fourth-order valence-electron chi connectivity index (χ4n) is 5.72. The first kappa shape index (κ1) is 12.7. The van der Waals surface area contributed by atoms with Crippen molar-refractivity contribution in [2.24, 2.45) is 23.2 Å². The van der Waals surface area contributed by atoms with Crippen LogP contribution in [0.3, 0.4) is 0 Å². The van der Waals surface area contributed by atoms with Crippen molar-refractivity contribution in [3.8, 4) is 0 Å². The third kappa shape index (κ3) is 1.92. The van der Waals surface area contributed by atoms with Gasteiger partial charge in [-0.1, -0.05) is 0 Å². The average Bonchev–Trinajstić information content (AvgIpc) is 2.65. The summed E-state index contributed by atoms with van der Waals surface area (Å²) in [5, 5.41) is 0.269. The number of thiophene rings is 1. The van der Waals surface area contributed by atoms with Crippen molar-refractivity contribution in [3.63, 3.8) is 0 Å². The van der Waals surface area contributed by atoms with Gasteiger partial charge in [-0.15, -0.1) is 22.9 Å². The van der Waals surface area contributed by atoms with Crippen molar-refractivity contribution in [1.82, 2.24) is 0 Å². The Kier molecular flexibility index (Phi) is 2.84. The fraction of sp³-hybridized carbons (Fsp3) is 0.765. The second kappa shape index (κ2) is 4.24. The minimum absolute atomic E-state index is 0.269. The Morgan fingerprint density at radius 3 is 2.05 bits per heavy atom. The molecule has 0 radical (unpaired) electrons. The summed E-state index contributed by atoms with van der Waals surface area (Å²) in [5.41, 5.74) is 1.89. The smallest absolute Gasteiger partial charge is 0.0652 e. The third-order valence-electron chi connectivity index (χ3n) is 5.98. The minimum atomic E-state index is 0.269. The molecule has 4 aliphatic rings. The van der Waals surface area contributed by atoms with Crippen molar-refractivity contribution < 1.29 is 0 Å². The van der Waals surface area contributed by atoms with Crippen molar-refractivity contribution in [3.05, 3.63) is 21.4 Å². The zero-order chi connectivity index (χ0) is 13.2. The van der Waals surface area contributed by atoms with Gasteiger partial charge in [0.1, 0.15) is 0 Å². The van der Waals surface area contributed by atoms with E-state index in [1.54, 1.807) is 0 Å². The molecule has 0 saturated heterocycles. The lowest BCUT2D eigenvalue weighted by Gasteiger charge is -2.58. The first-order chi connectivity index (χ1) is 9.06. The van der Waals surface area contributed by atoms with Crippen molar-refractivity contribution >= 4 is 22.9 Å². The van der Waals surface area contributed by atoms with Crippen LogP contribution in [-0.2, 0) is 0 Å². The molecule has 0 aromatic carbocycles. The molecule has 4 fully saturated rings. The van der Waals surface area contributed by atoms with Crippen LogP contribution in [0.15, 0.2) is 6.07 Å². The molecule has 19 heavy (non-hydrogen) atoms. The van der Waals surface area contributed by atoms with E-state index >= 15 is 0 Å². The van der Waals surface area contributed by atoms with Crippen LogP contribution in [0.25, 0.3) is 0 Å². The Labute approximate surface area is 125 Å². The van der Waals surface area contributed by atoms with Crippen LogP contribution >= 0.6 is 22.9 Å². The number of alkyl halides is 1. The van der Waals surface area contributed by atoms with E-state index in [9.17, 15) is 0 Å². The molecule has 1 aromatic rings. The second-order valence-corrected chi connectivity index (χ2v) is 9.41. The van der Waals surface area contributed by atoms with E-state index in [4.69, 9.17) is 11.6 Å². The Hall–Kier alpha value is -0.0100. The Morgan fingerprint density at radius 1 is 1.11 bits per heavy atom. The first-order valence-electron chi connectivity index (χ1n) is 7.77. The van der Waals surface area contributed by atoms with Crippen molar-refractivity contribution in [2.45, 2.75) is 57.7 Å². The lowest BCUT2D eigenvalue weighted by Crippen LogP contribution is -2.47. The molecule has 0 amide bonds. The summed E-state index contributed by atoms with van der Waals surface area (Å²) in [6.07, 6.45) is 8.73. The van der Waals surface area contributed by atoms with Gasteiger partial charge in [0.25, 0.3) is 0 Å². The quantitative estimate of drug-likeness (QED) is 0.599. The SMILES string of the molecule is Cc1cc(C(Cl)C23CC4CC(CC(C4)C2)C3)c(C)s1. The van der Waals surface area contributed by atoms with E-state index in [0.29, 0.717) is 5.41 Å². The minimum Gasteiger partial charge on any atom is -0.146 e. The van der Waals surface area contributed by atoms with Crippen LogP contribution in [0.4, 0.5) is 0 Å². The summed E-state index contributed by atoms with van der Waals surface area (Å²) >= 11 is 8.97. The molecule has 0 spiro atoms. The number of rotatable bonds is 2. The van der Waals surface area contributed by atoms with Crippen molar-refractivity contribution in [2.75, 3.05) is 0 Å². The number of halogens is 1. The molecule has 104 valence electrons.